The summed E-state index contributed by atoms with van der Waals surface area (Å²) in [7, 11) is 0. The van der Waals surface area contributed by atoms with Crippen LogP contribution < -0.4 is 5.73 Å². The number of carbonyl (C=O) groups is 1. The highest BCUT2D eigenvalue weighted by atomic mass is 16.2. The fraction of sp³-hybridized carbons (Fsp3) is 0.462. The van der Waals surface area contributed by atoms with Gasteiger partial charge < -0.3 is 10.6 Å². The van der Waals surface area contributed by atoms with Crippen molar-refractivity contribution in [2.75, 3.05) is 0 Å². The average molecular weight is 218 g/mol. The van der Waals surface area contributed by atoms with Crippen molar-refractivity contribution in [3.8, 4) is 0 Å². The van der Waals surface area contributed by atoms with Gasteiger partial charge in [-0.3, -0.25) is 4.79 Å². The van der Waals surface area contributed by atoms with Crippen LogP contribution in [0.1, 0.15) is 31.4 Å². The number of carbonyl (C=O) groups excluding carboxylic acids is 1. The first-order valence-corrected chi connectivity index (χ1v) is 5.69. The Kier molecular flexibility index (Phi) is 2.72. The minimum atomic E-state index is -0.734. The van der Waals surface area contributed by atoms with E-state index >= 15 is 0 Å². The molecule has 86 valence electrons. The Balaban J connectivity index is 2.15. The third kappa shape index (κ3) is 1.83. The van der Waals surface area contributed by atoms with Crippen LogP contribution in [0.5, 0.6) is 0 Å². The van der Waals surface area contributed by atoms with Crippen LogP contribution >= 0.6 is 0 Å². The SMILES string of the molecule is CCC(C)(N)C(=O)N1Cc2ccccc2C1. The second kappa shape index (κ2) is 3.91. The van der Waals surface area contributed by atoms with E-state index in [4.69, 9.17) is 5.73 Å². The topological polar surface area (TPSA) is 46.3 Å². The summed E-state index contributed by atoms with van der Waals surface area (Å²) in [6.45, 7) is 5.14. The van der Waals surface area contributed by atoms with Gasteiger partial charge in [-0.25, -0.2) is 0 Å². The van der Waals surface area contributed by atoms with Gasteiger partial charge in [0.1, 0.15) is 0 Å². The van der Waals surface area contributed by atoms with Crippen molar-refractivity contribution in [2.24, 2.45) is 5.73 Å². The minimum Gasteiger partial charge on any atom is -0.332 e. The quantitative estimate of drug-likeness (QED) is 0.820. The predicted molar refractivity (Wildman–Crippen MR) is 63.6 cm³/mol. The molecule has 1 unspecified atom stereocenters. The lowest BCUT2D eigenvalue weighted by molar-refractivity contribution is -0.137. The van der Waals surface area contributed by atoms with Crippen LogP contribution in [0.4, 0.5) is 0 Å². The van der Waals surface area contributed by atoms with E-state index in [1.165, 1.54) is 11.1 Å². The van der Waals surface area contributed by atoms with Gasteiger partial charge in [0.15, 0.2) is 0 Å². The molecule has 1 aliphatic heterocycles. The Bertz CT molecular complexity index is 387. The van der Waals surface area contributed by atoms with Crippen molar-refractivity contribution in [3.05, 3.63) is 35.4 Å². The maximum atomic E-state index is 12.2. The Hall–Kier alpha value is -1.35. The highest BCUT2D eigenvalue weighted by Gasteiger charge is 2.33. The molecular formula is C13H18N2O. The summed E-state index contributed by atoms with van der Waals surface area (Å²) < 4.78 is 0. The molecule has 0 spiro atoms. The second-order valence-corrected chi connectivity index (χ2v) is 4.70. The fourth-order valence-corrected chi connectivity index (χ4v) is 1.99. The maximum Gasteiger partial charge on any atom is 0.242 e. The Morgan fingerprint density at radius 3 is 2.31 bits per heavy atom. The van der Waals surface area contributed by atoms with Crippen LogP contribution in [-0.2, 0) is 17.9 Å². The molecule has 3 nitrogen and oxygen atoms in total. The van der Waals surface area contributed by atoms with Crippen LogP contribution in [-0.4, -0.2) is 16.3 Å². The summed E-state index contributed by atoms with van der Waals surface area (Å²) in [4.78, 5) is 14.0. The van der Waals surface area contributed by atoms with Crippen LogP contribution in [0.15, 0.2) is 24.3 Å². The summed E-state index contributed by atoms with van der Waals surface area (Å²) in [6.07, 6.45) is 0.665. The van der Waals surface area contributed by atoms with Gasteiger partial charge in [0, 0.05) is 13.1 Å². The van der Waals surface area contributed by atoms with Crippen LogP contribution in [0.25, 0.3) is 0 Å². The molecule has 3 heteroatoms. The molecule has 0 fully saturated rings. The molecule has 2 rings (SSSR count). The van der Waals surface area contributed by atoms with Crippen molar-refractivity contribution in [1.29, 1.82) is 0 Å². The van der Waals surface area contributed by atoms with E-state index in [1.807, 2.05) is 24.0 Å². The number of rotatable bonds is 2. The number of nitrogens with two attached hydrogens (primary N) is 1. The van der Waals surface area contributed by atoms with E-state index in [1.54, 1.807) is 6.92 Å². The molecule has 1 aromatic carbocycles. The van der Waals surface area contributed by atoms with Crippen molar-refractivity contribution in [1.82, 2.24) is 4.90 Å². The molecule has 1 amide bonds. The lowest BCUT2D eigenvalue weighted by atomic mass is 9.99. The van der Waals surface area contributed by atoms with Crippen molar-refractivity contribution in [2.45, 2.75) is 38.9 Å². The molecular weight excluding hydrogens is 200 g/mol. The number of amides is 1. The number of nitrogens with zero attached hydrogens (tertiary/aromatic N) is 1. The molecule has 0 saturated carbocycles. The number of hydrogen-bond donors (Lipinski definition) is 1. The van der Waals surface area contributed by atoms with Crippen LogP contribution in [0.2, 0.25) is 0 Å². The van der Waals surface area contributed by atoms with Gasteiger partial charge in [-0.2, -0.15) is 0 Å². The standard InChI is InChI=1S/C13H18N2O/c1-3-13(2,14)12(16)15-8-10-6-4-5-7-11(10)9-15/h4-7H,3,8-9,14H2,1-2H3. The van der Waals surface area contributed by atoms with Gasteiger partial charge in [-0.1, -0.05) is 31.2 Å². The number of fused-ring (bicyclic) bond motifs is 1. The van der Waals surface area contributed by atoms with E-state index in [9.17, 15) is 4.79 Å². The van der Waals surface area contributed by atoms with Crippen LogP contribution in [0, 0.1) is 0 Å². The Morgan fingerprint density at radius 2 is 1.88 bits per heavy atom. The third-order valence-corrected chi connectivity index (χ3v) is 3.35. The normalized spacial score (nSPS) is 18.1. The first-order valence-electron chi connectivity index (χ1n) is 5.69. The molecule has 0 bridgehead atoms. The molecule has 2 N–H and O–H groups in total. The van der Waals surface area contributed by atoms with Crippen LogP contribution in [0.3, 0.4) is 0 Å². The zero-order chi connectivity index (χ0) is 11.8. The molecule has 0 aromatic heterocycles. The van der Waals surface area contributed by atoms with Gasteiger partial charge in [-0.05, 0) is 24.5 Å². The minimum absolute atomic E-state index is 0.0474. The predicted octanol–water partition coefficient (Wildman–Crippen LogP) is 1.66. The summed E-state index contributed by atoms with van der Waals surface area (Å²) >= 11 is 0. The average Bonchev–Trinajstić information content (AvgIpc) is 2.71. The smallest absolute Gasteiger partial charge is 0.242 e. The van der Waals surface area contributed by atoms with E-state index in [2.05, 4.69) is 12.1 Å². The van der Waals surface area contributed by atoms with Crippen molar-refractivity contribution < 1.29 is 4.79 Å². The van der Waals surface area contributed by atoms with E-state index < -0.39 is 5.54 Å². The number of benzene rings is 1. The van der Waals surface area contributed by atoms with Crippen molar-refractivity contribution >= 4 is 5.91 Å². The lowest BCUT2D eigenvalue weighted by Crippen LogP contribution is -2.51. The van der Waals surface area contributed by atoms with Gasteiger partial charge in [0.05, 0.1) is 5.54 Å². The van der Waals surface area contributed by atoms with E-state index in [-0.39, 0.29) is 5.91 Å². The van der Waals surface area contributed by atoms with Crippen molar-refractivity contribution in [3.63, 3.8) is 0 Å². The maximum absolute atomic E-state index is 12.2. The Labute approximate surface area is 96.2 Å². The molecule has 0 aliphatic carbocycles. The molecule has 0 saturated heterocycles. The highest BCUT2D eigenvalue weighted by Crippen LogP contribution is 2.24. The summed E-state index contributed by atoms with van der Waals surface area (Å²) in [6, 6.07) is 8.16. The summed E-state index contributed by atoms with van der Waals surface area (Å²) in [5.41, 5.74) is 7.73. The second-order valence-electron chi connectivity index (χ2n) is 4.70. The lowest BCUT2D eigenvalue weighted by Gasteiger charge is -2.27. The number of hydrogen-bond acceptors (Lipinski definition) is 2. The first-order chi connectivity index (χ1) is 7.54. The molecule has 1 aliphatic rings. The van der Waals surface area contributed by atoms with E-state index in [0.717, 1.165) is 0 Å². The summed E-state index contributed by atoms with van der Waals surface area (Å²) in [5, 5.41) is 0. The van der Waals surface area contributed by atoms with E-state index in [0.29, 0.717) is 19.5 Å². The van der Waals surface area contributed by atoms with Gasteiger partial charge in [0.25, 0.3) is 0 Å². The Morgan fingerprint density at radius 1 is 1.38 bits per heavy atom. The molecule has 1 aromatic rings. The first kappa shape index (κ1) is 11.1. The fourth-order valence-electron chi connectivity index (χ4n) is 1.99. The molecule has 1 atom stereocenters. The highest BCUT2D eigenvalue weighted by molar-refractivity contribution is 5.86. The third-order valence-electron chi connectivity index (χ3n) is 3.35. The monoisotopic (exact) mass is 218 g/mol. The zero-order valence-corrected chi connectivity index (χ0v) is 9.86. The molecule has 1 heterocycles. The molecule has 16 heavy (non-hydrogen) atoms. The zero-order valence-electron chi connectivity index (χ0n) is 9.86. The molecule has 0 radical (unpaired) electrons. The summed E-state index contributed by atoms with van der Waals surface area (Å²) in [5.74, 6) is 0.0474. The van der Waals surface area contributed by atoms with Gasteiger partial charge >= 0.3 is 0 Å². The van der Waals surface area contributed by atoms with Gasteiger partial charge in [-0.15, -0.1) is 0 Å². The largest absolute Gasteiger partial charge is 0.332 e. The van der Waals surface area contributed by atoms with Gasteiger partial charge in [0.2, 0.25) is 5.91 Å².